The van der Waals surface area contributed by atoms with Gasteiger partial charge in [0.15, 0.2) is 0 Å². The Labute approximate surface area is 129 Å². The lowest BCUT2D eigenvalue weighted by Gasteiger charge is -2.38. The van der Waals surface area contributed by atoms with Crippen molar-refractivity contribution in [3.63, 3.8) is 0 Å². The lowest BCUT2D eigenvalue weighted by molar-refractivity contribution is 0.246. The van der Waals surface area contributed by atoms with E-state index in [1.54, 1.807) is 5.56 Å². The smallest absolute Gasteiger partial charge is 0.0324 e. The summed E-state index contributed by atoms with van der Waals surface area (Å²) >= 11 is 0. The Morgan fingerprint density at radius 2 is 2.05 bits per heavy atom. The zero-order chi connectivity index (χ0) is 14.9. The molecule has 1 aliphatic heterocycles. The molecule has 2 atom stereocenters. The first-order chi connectivity index (χ1) is 10.1. The van der Waals surface area contributed by atoms with Crippen LogP contribution in [0.5, 0.6) is 0 Å². The molecule has 21 heavy (non-hydrogen) atoms. The number of likely N-dealkylation sites (N-methyl/N-ethyl adjacent to an activating group) is 1. The molecule has 116 valence electrons. The van der Waals surface area contributed by atoms with Gasteiger partial charge in [0.05, 0.1) is 0 Å². The summed E-state index contributed by atoms with van der Waals surface area (Å²) in [6.45, 7) is 10.7. The molecule has 1 aromatic rings. The minimum atomic E-state index is 0.331. The van der Waals surface area contributed by atoms with Crippen LogP contribution < -0.4 is 5.32 Å². The van der Waals surface area contributed by atoms with E-state index in [1.807, 2.05) is 0 Å². The number of hydrogen-bond donors (Lipinski definition) is 1. The van der Waals surface area contributed by atoms with Gasteiger partial charge in [0.1, 0.15) is 0 Å². The molecule has 0 saturated carbocycles. The van der Waals surface area contributed by atoms with Gasteiger partial charge >= 0.3 is 0 Å². The van der Waals surface area contributed by atoms with E-state index in [1.165, 1.54) is 44.3 Å². The molecule has 0 aromatic heterocycles. The SMILES string of the molecule is CCN1CCCC1CNC1CCC(C)(C)c2ccccc21. The first-order valence-electron chi connectivity index (χ1n) is 8.68. The Balaban J connectivity index is 1.69. The predicted molar refractivity (Wildman–Crippen MR) is 89.7 cm³/mol. The molecule has 2 nitrogen and oxygen atoms in total. The Bertz CT molecular complexity index is 480. The molecule has 1 N–H and O–H groups in total. The summed E-state index contributed by atoms with van der Waals surface area (Å²) in [6.07, 6.45) is 5.28. The van der Waals surface area contributed by atoms with Crippen molar-refractivity contribution in [3.05, 3.63) is 35.4 Å². The van der Waals surface area contributed by atoms with Crippen molar-refractivity contribution < 1.29 is 0 Å². The molecule has 3 rings (SSSR count). The van der Waals surface area contributed by atoms with Crippen LogP contribution in [0.2, 0.25) is 0 Å². The highest BCUT2D eigenvalue weighted by atomic mass is 15.2. The lowest BCUT2D eigenvalue weighted by atomic mass is 9.71. The van der Waals surface area contributed by atoms with Gasteiger partial charge in [-0.15, -0.1) is 0 Å². The molecular formula is C19H30N2. The van der Waals surface area contributed by atoms with Gasteiger partial charge in [-0.25, -0.2) is 0 Å². The number of benzene rings is 1. The average molecular weight is 286 g/mol. The van der Waals surface area contributed by atoms with Crippen LogP contribution in [-0.2, 0) is 5.41 Å². The molecule has 0 amide bonds. The Morgan fingerprint density at radius 1 is 1.24 bits per heavy atom. The number of likely N-dealkylation sites (tertiary alicyclic amines) is 1. The molecule has 1 fully saturated rings. The van der Waals surface area contributed by atoms with Gasteiger partial charge in [-0.2, -0.15) is 0 Å². The lowest BCUT2D eigenvalue weighted by Crippen LogP contribution is -2.41. The summed E-state index contributed by atoms with van der Waals surface area (Å²) in [6, 6.07) is 10.4. The van der Waals surface area contributed by atoms with Crippen LogP contribution in [-0.4, -0.2) is 30.6 Å². The largest absolute Gasteiger partial charge is 0.308 e. The van der Waals surface area contributed by atoms with E-state index in [-0.39, 0.29) is 0 Å². The fraction of sp³-hybridized carbons (Fsp3) is 0.684. The third-order valence-electron chi connectivity index (χ3n) is 5.63. The highest BCUT2D eigenvalue weighted by Crippen LogP contribution is 2.41. The maximum Gasteiger partial charge on any atom is 0.0324 e. The maximum atomic E-state index is 3.88. The van der Waals surface area contributed by atoms with E-state index in [4.69, 9.17) is 0 Å². The molecule has 1 aromatic carbocycles. The van der Waals surface area contributed by atoms with Crippen molar-refractivity contribution in [1.82, 2.24) is 10.2 Å². The summed E-state index contributed by atoms with van der Waals surface area (Å²) in [7, 11) is 0. The van der Waals surface area contributed by atoms with Crippen LogP contribution in [0, 0.1) is 0 Å². The topological polar surface area (TPSA) is 15.3 Å². The first-order valence-corrected chi connectivity index (χ1v) is 8.68. The molecule has 1 saturated heterocycles. The van der Waals surface area contributed by atoms with Crippen molar-refractivity contribution in [2.24, 2.45) is 0 Å². The van der Waals surface area contributed by atoms with E-state index < -0.39 is 0 Å². The summed E-state index contributed by atoms with van der Waals surface area (Å²) in [5.41, 5.74) is 3.42. The van der Waals surface area contributed by atoms with Gasteiger partial charge in [0.25, 0.3) is 0 Å². The Kier molecular flexibility index (Phi) is 4.37. The van der Waals surface area contributed by atoms with Crippen molar-refractivity contribution in [2.45, 2.75) is 64.0 Å². The van der Waals surface area contributed by atoms with E-state index in [0.717, 1.165) is 12.6 Å². The van der Waals surface area contributed by atoms with Crippen molar-refractivity contribution >= 4 is 0 Å². The highest BCUT2D eigenvalue weighted by molar-refractivity contribution is 5.38. The molecule has 2 unspecified atom stereocenters. The zero-order valence-corrected chi connectivity index (χ0v) is 13.9. The second-order valence-electron chi connectivity index (χ2n) is 7.40. The van der Waals surface area contributed by atoms with E-state index in [9.17, 15) is 0 Å². The minimum absolute atomic E-state index is 0.331. The molecule has 2 aliphatic rings. The Hall–Kier alpha value is -0.860. The second kappa shape index (κ2) is 6.10. The predicted octanol–water partition coefficient (Wildman–Crippen LogP) is 3.87. The quantitative estimate of drug-likeness (QED) is 0.904. The molecule has 0 radical (unpaired) electrons. The minimum Gasteiger partial charge on any atom is -0.308 e. The Morgan fingerprint density at radius 3 is 2.86 bits per heavy atom. The number of nitrogens with one attached hydrogen (secondary N) is 1. The zero-order valence-electron chi connectivity index (χ0n) is 13.9. The molecule has 0 bridgehead atoms. The van der Waals surface area contributed by atoms with Crippen LogP contribution in [0.3, 0.4) is 0 Å². The van der Waals surface area contributed by atoms with Crippen LogP contribution in [0.25, 0.3) is 0 Å². The summed E-state index contributed by atoms with van der Waals surface area (Å²) in [5, 5.41) is 3.88. The average Bonchev–Trinajstić information content (AvgIpc) is 2.94. The molecule has 1 aliphatic carbocycles. The van der Waals surface area contributed by atoms with Gasteiger partial charge in [-0.1, -0.05) is 45.0 Å². The van der Waals surface area contributed by atoms with Gasteiger partial charge < -0.3 is 5.32 Å². The highest BCUT2D eigenvalue weighted by Gasteiger charge is 2.32. The van der Waals surface area contributed by atoms with Crippen LogP contribution >= 0.6 is 0 Å². The molecule has 0 spiro atoms. The monoisotopic (exact) mass is 286 g/mol. The summed E-state index contributed by atoms with van der Waals surface area (Å²) in [5.74, 6) is 0. The van der Waals surface area contributed by atoms with Gasteiger partial charge in [0.2, 0.25) is 0 Å². The number of hydrogen-bond acceptors (Lipinski definition) is 2. The van der Waals surface area contributed by atoms with Crippen LogP contribution in [0.4, 0.5) is 0 Å². The third kappa shape index (κ3) is 3.02. The maximum absolute atomic E-state index is 3.88. The van der Waals surface area contributed by atoms with Gasteiger partial charge in [-0.3, -0.25) is 4.90 Å². The van der Waals surface area contributed by atoms with Gasteiger partial charge in [-0.05, 0) is 55.3 Å². The summed E-state index contributed by atoms with van der Waals surface area (Å²) in [4.78, 5) is 2.63. The fourth-order valence-corrected chi connectivity index (χ4v) is 4.25. The number of fused-ring (bicyclic) bond motifs is 1. The number of nitrogens with zero attached hydrogens (tertiary/aromatic N) is 1. The molecular weight excluding hydrogens is 256 g/mol. The molecule has 1 heterocycles. The second-order valence-corrected chi connectivity index (χ2v) is 7.40. The van der Waals surface area contributed by atoms with Crippen molar-refractivity contribution in [2.75, 3.05) is 19.6 Å². The standard InChI is InChI=1S/C19H30N2/c1-4-21-13-7-8-15(21)14-20-18-11-12-19(2,3)17-10-6-5-9-16(17)18/h5-6,9-10,15,18,20H,4,7-8,11-14H2,1-3H3. The fourth-order valence-electron chi connectivity index (χ4n) is 4.25. The summed E-state index contributed by atoms with van der Waals surface area (Å²) < 4.78 is 0. The third-order valence-corrected chi connectivity index (χ3v) is 5.63. The first kappa shape index (κ1) is 15.1. The van der Waals surface area contributed by atoms with Crippen molar-refractivity contribution in [1.29, 1.82) is 0 Å². The van der Waals surface area contributed by atoms with E-state index in [2.05, 4.69) is 55.3 Å². The van der Waals surface area contributed by atoms with Crippen molar-refractivity contribution in [3.8, 4) is 0 Å². The van der Waals surface area contributed by atoms with Gasteiger partial charge in [0, 0.05) is 18.6 Å². The normalized spacial score (nSPS) is 28.5. The van der Waals surface area contributed by atoms with E-state index >= 15 is 0 Å². The van der Waals surface area contributed by atoms with E-state index in [0.29, 0.717) is 11.5 Å². The molecule has 2 heteroatoms. The van der Waals surface area contributed by atoms with Crippen LogP contribution in [0.1, 0.15) is 63.6 Å². The number of rotatable bonds is 4. The van der Waals surface area contributed by atoms with Crippen LogP contribution in [0.15, 0.2) is 24.3 Å².